The van der Waals surface area contributed by atoms with Gasteiger partial charge in [-0.3, -0.25) is 10.1 Å². The van der Waals surface area contributed by atoms with Gasteiger partial charge in [-0.25, -0.2) is 0 Å². The van der Waals surface area contributed by atoms with Crippen molar-refractivity contribution in [3.05, 3.63) is 73.2 Å². The molecule has 0 aliphatic heterocycles. The van der Waals surface area contributed by atoms with Gasteiger partial charge in [-0.15, -0.1) is 0 Å². The van der Waals surface area contributed by atoms with Crippen LogP contribution in [-0.2, 0) is 13.0 Å². The van der Waals surface area contributed by atoms with Crippen molar-refractivity contribution in [1.82, 2.24) is 5.32 Å². The van der Waals surface area contributed by atoms with Crippen LogP contribution in [0.4, 0.5) is 5.69 Å². The van der Waals surface area contributed by atoms with Crippen LogP contribution in [0.5, 0.6) is 0 Å². The van der Waals surface area contributed by atoms with Gasteiger partial charge in [0, 0.05) is 28.2 Å². The second-order valence-electron chi connectivity index (χ2n) is 4.59. The van der Waals surface area contributed by atoms with E-state index in [0.29, 0.717) is 6.54 Å². The van der Waals surface area contributed by atoms with Gasteiger partial charge in [-0.05, 0) is 42.3 Å². The zero-order valence-electron chi connectivity index (χ0n) is 11.2. The summed E-state index contributed by atoms with van der Waals surface area (Å²) in [5.41, 5.74) is 2.22. The summed E-state index contributed by atoms with van der Waals surface area (Å²) in [5, 5.41) is 14.6. The molecule has 0 spiro atoms. The van der Waals surface area contributed by atoms with E-state index < -0.39 is 4.92 Å². The SMILES string of the molecule is O=[N+]([O-])c1ccc(CCNCc2cc(Br)ccc2Cl)cc1. The molecule has 21 heavy (non-hydrogen) atoms. The van der Waals surface area contributed by atoms with E-state index in [-0.39, 0.29) is 5.69 Å². The Morgan fingerprint density at radius 1 is 1.19 bits per heavy atom. The molecule has 0 atom stereocenters. The van der Waals surface area contributed by atoms with Gasteiger partial charge in [0.25, 0.3) is 5.69 Å². The molecule has 0 heterocycles. The van der Waals surface area contributed by atoms with E-state index in [4.69, 9.17) is 11.6 Å². The van der Waals surface area contributed by atoms with Gasteiger partial charge in [0.15, 0.2) is 0 Å². The molecule has 0 radical (unpaired) electrons. The number of nitro groups is 1. The van der Waals surface area contributed by atoms with Crippen LogP contribution in [-0.4, -0.2) is 11.5 Å². The number of hydrogen-bond acceptors (Lipinski definition) is 3. The Labute approximate surface area is 136 Å². The van der Waals surface area contributed by atoms with Crippen LogP contribution in [0.25, 0.3) is 0 Å². The van der Waals surface area contributed by atoms with Crippen molar-refractivity contribution in [2.24, 2.45) is 0 Å². The Bertz CT molecular complexity index is 632. The maximum atomic E-state index is 10.6. The summed E-state index contributed by atoms with van der Waals surface area (Å²) in [7, 11) is 0. The van der Waals surface area contributed by atoms with E-state index >= 15 is 0 Å². The summed E-state index contributed by atoms with van der Waals surface area (Å²) in [6, 6.07) is 12.4. The minimum Gasteiger partial charge on any atom is -0.312 e. The van der Waals surface area contributed by atoms with Gasteiger partial charge in [0.05, 0.1) is 4.92 Å². The van der Waals surface area contributed by atoms with Crippen molar-refractivity contribution in [1.29, 1.82) is 0 Å². The topological polar surface area (TPSA) is 55.2 Å². The van der Waals surface area contributed by atoms with Gasteiger partial charge in [0.2, 0.25) is 0 Å². The third kappa shape index (κ3) is 4.81. The van der Waals surface area contributed by atoms with Crippen molar-refractivity contribution in [3.8, 4) is 0 Å². The van der Waals surface area contributed by atoms with Gasteiger partial charge in [-0.2, -0.15) is 0 Å². The van der Waals surface area contributed by atoms with E-state index in [1.807, 2.05) is 18.2 Å². The third-order valence-electron chi connectivity index (χ3n) is 3.06. The minimum atomic E-state index is -0.392. The Morgan fingerprint density at radius 3 is 2.57 bits per heavy atom. The highest BCUT2D eigenvalue weighted by Gasteiger charge is 2.04. The zero-order valence-corrected chi connectivity index (χ0v) is 13.5. The summed E-state index contributed by atoms with van der Waals surface area (Å²) >= 11 is 9.53. The summed E-state index contributed by atoms with van der Waals surface area (Å²) < 4.78 is 0.999. The predicted octanol–water partition coefficient (Wildman–Crippen LogP) is 4.34. The molecule has 0 aliphatic rings. The smallest absolute Gasteiger partial charge is 0.269 e. The molecule has 0 amide bonds. The number of halogens is 2. The molecule has 2 aromatic rings. The molecule has 2 rings (SSSR count). The fourth-order valence-corrected chi connectivity index (χ4v) is 2.51. The lowest BCUT2D eigenvalue weighted by Gasteiger charge is -2.07. The van der Waals surface area contributed by atoms with Crippen molar-refractivity contribution in [2.75, 3.05) is 6.54 Å². The first kappa shape index (κ1) is 15.9. The highest BCUT2D eigenvalue weighted by atomic mass is 79.9. The molecule has 0 saturated carbocycles. The van der Waals surface area contributed by atoms with Crippen molar-refractivity contribution >= 4 is 33.2 Å². The van der Waals surface area contributed by atoms with Crippen LogP contribution in [0.1, 0.15) is 11.1 Å². The normalized spacial score (nSPS) is 10.6. The fourth-order valence-electron chi connectivity index (χ4n) is 1.92. The summed E-state index contributed by atoms with van der Waals surface area (Å²) in [4.78, 5) is 10.2. The lowest BCUT2D eigenvalue weighted by atomic mass is 10.1. The van der Waals surface area contributed by atoms with Crippen LogP contribution >= 0.6 is 27.5 Å². The first-order chi connectivity index (χ1) is 10.1. The van der Waals surface area contributed by atoms with Crippen LogP contribution in [0.3, 0.4) is 0 Å². The van der Waals surface area contributed by atoms with Gasteiger partial charge in [-0.1, -0.05) is 39.7 Å². The first-order valence-corrected chi connectivity index (χ1v) is 7.61. The Morgan fingerprint density at radius 2 is 1.90 bits per heavy atom. The van der Waals surface area contributed by atoms with Gasteiger partial charge >= 0.3 is 0 Å². The van der Waals surface area contributed by atoms with Crippen LogP contribution < -0.4 is 5.32 Å². The number of rotatable bonds is 6. The molecule has 2 aromatic carbocycles. The van der Waals surface area contributed by atoms with E-state index in [1.54, 1.807) is 12.1 Å². The van der Waals surface area contributed by atoms with E-state index in [2.05, 4.69) is 21.2 Å². The number of hydrogen-bond donors (Lipinski definition) is 1. The van der Waals surface area contributed by atoms with Crippen molar-refractivity contribution in [3.63, 3.8) is 0 Å². The number of benzene rings is 2. The van der Waals surface area contributed by atoms with E-state index in [9.17, 15) is 10.1 Å². The predicted molar refractivity (Wildman–Crippen MR) is 87.7 cm³/mol. The molecule has 0 aromatic heterocycles. The average Bonchev–Trinajstić information content (AvgIpc) is 2.47. The molecule has 0 aliphatic carbocycles. The van der Waals surface area contributed by atoms with Crippen molar-refractivity contribution < 1.29 is 4.92 Å². The Balaban J connectivity index is 1.81. The largest absolute Gasteiger partial charge is 0.312 e. The molecule has 0 unspecified atom stereocenters. The van der Waals surface area contributed by atoms with Crippen LogP contribution in [0, 0.1) is 10.1 Å². The average molecular weight is 370 g/mol. The lowest BCUT2D eigenvalue weighted by Crippen LogP contribution is -2.16. The second kappa shape index (κ2) is 7.54. The molecule has 110 valence electrons. The number of nitro benzene ring substituents is 1. The molecule has 0 saturated heterocycles. The Kier molecular flexibility index (Phi) is 5.73. The molecule has 4 nitrogen and oxygen atoms in total. The number of nitrogens with one attached hydrogen (secondary N) is 1. The molecular weight excluding hydrogens is 356 g/mol. The maximum absolute atomic E-state index is 10.6. The summed E-state index contributed by atoms with van der Waals surface area (Å²) in [5.74, 6) is 0. The maximum Gasteiger partial charge on any atom is 0.269 e. The molecular formula is C15H14BrClN2O2. The minimum absolute atomic E-state index is 0.118. The number of non-ortho nitro benzene ring substituents is 1. The Hall–Kier alpha value is -1.43. The standard InChI is InChI=1S/C15H14BrClN2O2/c16-13-3-6-15(17)12(9-13)10-18-8-7-11-1-4-14(5-2-11)19(20)21/h1-6,9,18H,7-8,10H2. The second-order valence-corrected chi connectivity index (χ2v) is 5.91. The molecule has 0 bridgehead atoms. The van der Waals surface area contributed by atoms with Gasteiger partial charge in [0.1, 0.15) is 0 Å². The van der Waals surface area contributed by atoms with Gasteiger partial charge < -0.3 is 5.32 Å². The van der Waals surface area contributed by atoms with Crippen LogP contribution in [0.2, 0.25) is 5.02 Å². The fraction of sp³-hybridized carbons (Fsp3) is 0.200. The molecule has 1 N–H and O–H groups in total. The quantitative estimate of drug-likeness (QED) is 0.468. The monoisotopic (exact) mass is 368 g/mol. The van der Waals surface area contributed by atoms with Crippen molar-refractivity contribution in [2.45, 2.75) is 13.0 Å². The first-order valence-electron chi connectivity index (χ1n) is 6.44. The molecule has 6 heteroatoms. The van der Waals surface area contributed by atoms with E-state index in [1.165, 1.54) is 12.1 Å². The van der Waals surface area contributed by atoms with Crippen LogP contribution in [0.15, 0.2) is 46.9 Å². The third-order valence-corrected chi connectivity index (χ3v) is 3.92. The lowest BCUT2D eigenvalue weighted by molar-refractivity contribution is -0.384. The summed E-state index contributed by atoms with van der Waals surface area (Å²) in [6.45, 7) is 1.46. The number of nitrogens with zero attached hydrogens (tertiary/aromatic N) is 1. The zero-order chi connectivity index (χ0) is 15.2. The van der Waals surface area contributed by atoms with E-state index in [0.717, 1.165) is 33.6 Å². The highest BCUT2D eigenvalue weighted by molar-refractivity contribution is 9.10. The highest BCUT2D eigenvalue weighted by Crippen LogP contribution is 2.20. The summed E-state index contributed by atoms with van der Waals surface area (Å²) in [6.07, 6.45) is 0.809. The molecule has 0 fully saturated rings.